The third-order valence-corrected chi connectivity index (χ3v) is 6.57. The first-order valence-electron chi connectivity index (χ1n) is 12.1. The van der Waals surface area contributed by atoms with E-state index in [1.165, 1.54) is 0 Å². The van der Waals surface area contributed by atoms with Crippen LogP contribution in [-0.2, 0) is 4.74 Å². The monoisotopic (exact) mass is 488 g/mol. The molecule has 11 heteroatoms. The summed E-state index contributed by atoms with van der Waals surface area (Å²) in [5, 5.41) is 10.6. The van der Waals surface area contributed by atoms with Crippen molar-refractivity contribution in [2.45, 2.75) is 0 Å². The van der Waals surface area contributed by atoms with Gasteiger partial charge in [0, 0.05) is 51.4 Å². The van der Waals surface area contributed by atoms with Crippen LogP contribution >= 0.6 is 0 Å². The van der Waals surface area contributed by atoms with E-state index in [1.54, 1.807) is 6.07 Å². The summed E-state index contributed by atoms with van der Waals surface area (Å²) in [6.45, 7) is 5.57. The van der Waals surface area contributed by atoms with Gasteiger partial charge >= 0.3 is 0 Å². The fourth-order valence-corrected chi connectivity index (χ4v) is 4.50. The number of anilines is 3. The number of rotatable bonds is 5. The van der Waals surface area contributed by atoms with Gasteiger partial charge in [-0.25, -0.2) is 4.98 Å². The lowest BCUT2D eigenvalue weighted by Gasteiger charge is -2.31. The van der Waals surface area contributed by atoms with E-state index in [1.807, 2.05) is 41.3 Å². The first-order chi connectivity index (χ1) is 17.6. The predicted molar refractivity (Wildman–Crippen MR) is 136 cm³/mol. The molecule has 4 aromatic rings. The summed E-state index contributed by atoms with van der Waals surface area (Å²) in [6, 6.07) is 13.6. The topological polar surface area (TPSA) is 116 Å². The molecule has 2 aliphatic rings. The molecule has 1 amide bonds. The van der Waals surface area contributed by atoms with E-state index >= 15 is 0 Å². The summed E-state index contributed by atoms with van der Waals surface area (Å²) in [6.07, 6.45) is 0. The number of aromatic amines is 1. The van der Waals surface area contributed by atoms with Crippen LogP contribution in [0.2, 0.25) is 0 Å². The van der Waals surface area contributed by atoms with Gasteiger partial charge in [0.25, 0.3) is 5.91 Å². The van der Waals surface area contributed by atoms with E-state index < -0.39 is 0 Å². The molecule has 3 aromatic heterocycles. The van der Waals surface area contributed by atoms with Crippen molar-refractivity contribution < 1.29 is 13.9 Å². The van der Waals surface area contributed by atoms with Crippen molar-refractivity contribution in [1.82, 2.24) is 30.0 Å². The van der Waals surface area contributed by atoms with Gasteiger partial charge in [0.05, 0.1) is 18.9 Å². The van der Waals surface area contributed by atoms with Crippen LogP contribution in [0.1, 0.15) is 10.6 Å². The third kappa shape index (κ3) is 4.50. The summed E-state index contributed by atoms with van der Waals surface area (Å²) in [7, 11) is 2.06. The van der Waals surface area contributed by atoms with Crippen molar-refractivity contribution in [3.05, 3.63) is 48.2 Å². The van der Waals surface area contributed by atoms with Gasteiger partial charge < -0.3 is 29.2 Å². The second-order valence-corrected chi connectivity index (χ2v) is 9.05. The van der Waals surface area contributed by atoms with Crippen LogP contribution in [0.3, 0.4) is 0 Å². The van der Waals surface area contributed by atoms with Crippen LogP contribution < -0.4 is 10.2 Å². The molecule has 6 rings (SSSR count). The van der Waals surface area contributed by atoms with Gasteiger partial charge in [-0.15, -0.1) is 0 Å². The highest BCUT2D eigenvalue weighted by molar-refractivity contribution is 5.97. The fourth-order valence-electron chi connectivity index (χ4n) is 4.50. The maximum Gasteiger partial charge on any atom is 0.289 e. The number of H-pyrrole nitrogens is 1. The standard InChI is InChI=1S/C25H28N8O3/c1-31-7-9-33(10-8-31)24(34)20-15-19-22(36-20)23(32-11-13-35-14-12-32)28-25(26-19)27-21-16-18(29-30-21)17-5-3-2-4-6-17/h2-6,15-16H,7-14H2,1H3,(H2,26,27,28,29,30). The molecule has 2 aliphatic heterocycles. The number of furan rings is 1. The zero-order valence-electron chi connectivity index (χ0n) is 20.1. The van der Waals surface area contributed by atoms with Crippen LogP contribution in [-0.4, -0.2) is 95.4 Å². The van der Waals surface area contributed by atoms with Gasteiger partial charge in [-0.3, -0.25) is 9.89 Å². The van der Waals surface area contributed by atoms with Gasteiger partial charge in [0.15, 0.2) is 23.0 Å². The average Bonchev–Trinajstić information content (AvgIpc) is 3.57. The van der Waals surface area contributed by atoms with Gasteiger partial charge in [-0.2, -0.15) is 10.1 Å². The van der Waals surface area contributed by atoms with Gasteiger partial charge in [0.2, 0.25) is 5.95 Å². The lowest BCUT2D eigenvalue weighted by molar-refractivity contribution is 0.0635. The van der Waals surface area contributed by atoms with Crippen molar-refractivity contribution in [3.8, 4) is 11.3 Å². The Morgan fingerprint density at radius 3 is 2.56 bits per heavy atom. The van der Waals surface area contributed by atoms with E-state index in [0.29, 0.717) is 68.1 Å². The molecule has 2 fully saturated rings. The predicted octanol–water partition coefficient (Wildman–Crippen LogP) is 2.58. The number of carbonyl (C=O) groups excluding carboxylic acids is 1. The summed E-state index contributed by atoms with van der Waals surface area (Å²) in [5.74, 6) is 1.78. The maximum absolute atomic E-state index is 13.2. The lowest BCUT2D eigenvalue weighted by Crippen LogP contribution is -2.47. The number of fused-ring (bicyclic) bond motifs is 1. The molecule has 11 nitrogen and oxygen atoms in total. The number of morpholine rings is 1. The van der Waals surface area contributed by atoms with E-state index in [2.05, 4.69) is 37.3 Å². The van der Waals surface area contributed by atoms with Crippen LogP contribution in [0.15, 0.2) is 46.9 Å². The number of benzene rings is 1. The molecule has 5 heterocycles. The van der Waals surface area contributed by atoms with Gasteiger partial charge in [-0.05, 0) is 12.6 Å². The number of nitrogens with one attached hydrogen (secondary N) is 2. The number of hydrogen-bond donors (Lipinski definition) is 2. The minimum Gasteiger partial charge on any atom is -0.445 e. The molecule has 186 valence electrons. The SMILES string of the molecule is CN1CCN(C(=O)c2cc3nc(Nc4cc(-c5ccccc5)[nH]n4)nc(N4CCOCC4)c3o2)CC1. The number of nitrogens with zero attached hydrogens (tertiary/aromatic N) is 6. The van der Waals surface area contributed by atoms with Crippen molar-refractivity contribution in [3.63, 3.8) is 0 Å². The average molecular weight is 489 g/mol. The molecular weight excluding hydrogens is 460 g/mol. The zero-order chi connectivity index (χ0) is 24.5. The van der Waals surface area contributed by atoms with E-state index in [-0.39, 0.29) is 11.7 Å². The van der Waals surface area contributed by atoms with Crippen LogP contribution in [0.5, 0.6) is 0 Å². The summed E-state index contributed by atoms with van der Waals surface area (Å²) < 4.78 is 11.6. The number of piperazine rings is 1. The molecule has 0 atom stereocenters. The Kier molecular flexibility index (Phi) is 5.99. The Morgan fingerprint density at radius 1 is 1.00 bits per heavy atom. The molecule has 36 heavy (non-hydrogen) atoms. The van der Waals surface area contributed by atoms with Crippen LogP contribution in [0, 0.1) is 0 Å². The van der Waals surface area contributed by atoms with E-state index in [9.17, 15) is 4.79 Å². The molecular formula is C25H28N8O3. The van der Waals surface area contributed by atoms with E-state index in [4.69, 9.17) is 14.1 Å². The van der Waals surface area contributed by atoms with Gasteiger partial charge in [0.1, 0.15) is 5.52 Å². The highest BCUT2D eigenvalue weighted by Gasteiger charge is 2.27. The summed E-state index contributed by atoms with van der Waals surface area (Å²) in [5.41, 5.74) is 3.00. The van der Waals surface area contributed by atoms with Crippen LogP contribution in [0.25, 0.3) is 22.4 Å². The van der Waals surface area contributed by atoms with Crippen molar-refractivity contribution >= 4 is 34.6 Å². The number of likely N-dealkylation sites (N-methyl/N-ethyl adjacent to an activating group) is 1. The molecule has 1 aromatic carbocycles. The number of carbonyl (C=O) groups is 1. The third-order valence-electron chi connectivity index (χ3n) is 6.57. The summed E-state index contributed by atoms with van der Waals surface area (Å²) in [4.78, 5) is 28.7. The first kappa shape index (κ1) is 22.5. The minimum absolute atomic E-state index is 0.122. The molecule has 2 N–H and O–H groups in total. The Morgan fingerprint density at radius 2 is 1.78 bits per heavy atom. The molecule has 0 radical (unpaired) electrons. The zero-order valence-corrected chi connectivity index (χ0v) is 20.1. The number of hydrogen-bond acceptors (Lipinski definition) is 9. The first-order valence-corrected chi connectivity index (χ1v) is 12.1. The Labute approximate surface area is 208 Å². The molecule has 0 saturated carbocycles. The van der Waals surface area contributed by atoms with Crippen molar-refractivity contribution in [2.75, 3.05) is 69.7 Å². The number of ether oxygens (including phenoxy) is 1. The molecule has 0 aliphatic carbocycles. The maximum atomic E-state index is 13.2. The quantitative estimate of drug-likeness (QED) is 0.437. The van der Waals surface area contributed by atoms with Crippen molar-refractivity contribution in [1.29, 1.82) is 0 Å². The van der Waals surface area contributed by atoms with Crippen LogP contribution in [0.4, 0.5) is 17.6 Å². The van der Waals surface area contributed by atoms with Crippen molar-refractivity contribution in [2.24, 2.45) is 0 Å². The highest BCUT2D eigenvalue weighted by atomic mass is 16.5. The largest absolute Gasteiger partial charge is 0.445 e. The second kappa shape index (κ2) is 9.59. The van der Waals surface area contributed by atoms with E-state index in [0.717, 1.165) is 24.3 Å². The molecule has 0 unspecified atom stereocenters. The number of amides is 1. The van der Waals surface area contributed by atoms with Gasteiger partial charge in [-0.1, -0.05) is 30.3 Å². The summed E-state index contributed by atoms with van der Waals surface area (Å²) >= 11 is 0. The minimum atomic E-state index is -0.122. The molecule has 0 bridgehead atoms. The Balaban J connectivity index is 1.32. The lowest BCUT2D eigenvalue weighted by atomic mass is 10.2. The Bertz CT molecular complexity index is 1350. The molecule has 0 spiro atoms. The second-order valence-electron chi connectivity index (χ2n) is 9.05. The fraction of sp³-hybridized carbons (Fsp3) is 0.360. The Hall–Kier alpha value is -3.96. The molecule has 2 saturated heterocycles. The highest BCUT2D eigenvalue weighted by Crippen LogP contribution is 2.31. The normalized spacial score (nSPS) is 17.0. The number of aromatic nitrogens is 4. The smallest absolute Gasteiger partial charge is 0.289 e.